The van der Waals surface area contributed by atoms with E-state index in [0.29, 0.717) is 0 Å². The van der Waals surface area contributed by atoms with Crippen LogP contribution in [-0.2, 0) is 9.53 Å². The molecule has 2 heteroatoms. The molecule has 0 radical (unpaired) electrons. The summed E-state index contributed by atoms with van der Waals surface area (Å²) >= 11 is 0. The molecule has 2 aliphatic rings. The van der Waals surface area contributed by atoms with Gasteiger partial charge in [-0.25, -0.2) is 0 Å². The first kappa shape index (κ1) is 20.8. The van der Waals surface area contributed by atoms with Crippen molar-refractivity contribution < 1.29 is 9.53 Å². The van der Waals surface area contributed by atoms with Crippen molar-refractivity contribution in [2.24, 2.45) is 11.3 Å². The van der Waals surface area contributed by atoms with E-state index in [4.69, 9.17) is 4.74 Å². The van der Waals surface area contributed by atoms with E-state index in [9.17, 15) is 4.79 Å². The monoisotopic (exact) mass is 350 g/mol. The lowest BCUT2D eigenvalue weighted by molar-refractivity contribution is -0.166. The fraction of sp³-hybridized carbons (Fsp3) is 0.957. The summed E-state index contributed by atoms with van der Waals surface area (Å²) in [6.45, 7) is 4.52. The molecule has 0 unspecified atom stereocenters. The summed E-state index contributed by atoms with van der Waals surface area (Å²) < 4.78 is 6.10. The van der Waals surface area contributed by atoms with Gasteiger partial charge in [-0.3, -0.25) is 4.79 Å². The Kier molecular flexibility index (Phi) is 9.34. The Bertz CT molecular complexity index is 362. The van der Waals surface area contributed by atoms with Crippen molar-refractivity contribution in [3.63, 3.8) is 0 Å². The normalized spacial score (nSPS) is 26.3. The fourth-order valence-electron chi connectivity index (χ4n) is 5.00. The molecule has 2 saturated carbocycles. The molecule has 2 nitrogen and oxygen atoms in total. The summed E-state index contributed by atoms with van der Waals surface area (Å²) in [5.41, 5.74) is -0.134. The third-order valence-electron chi connectivity index (χ3n) is 6.79. The van der Waals surface area contributed by atoms with Crippen LogP contribution in [-0.4, -0.2) is 12.1 Å². The summed E-state index contributed by atoms with van der Waals surface area (Å²) in [6, 6.07) is 0. The van der Waals surface area contributed by atoms with Crippen molar-refractivity contribution in [3.8, 4) is 0 Å². The molecule has 0 bridgehead atoms. The SMILES string of the molecule is CCCCCC1CCC(OC(=O)C2(CCCCC)CCCCC2)CC1. The highest BCUT2D eigenvalue weighted by Crippen LogP contribution is 2.43. The molecule has 2 fully saturated rings. The van der Waals surface area contributed by atoms with E-state index >= 15 is 0 Å². The van der Waals surface area contributed by atoms with E-state index in [-0.39, 0.29) is 17.5 Å². The molecular weight excluding hydrogens is 308 g/mol. The molecular formula is C23H42O2. The van der Waals surface area contributed by atoms with Crippen LogP contribution < -0.4 is 0 Å². The first-order chi connectivity index (χ1) is 12.2. The fourth-order valence-corrected chi connectivity index (χ4v) is 5.00. The molecule has 0 atom stereocenters. The second-order valence-corrected chi connectivity index (χ2v) is 8.84. The number of ether oxygens (including phenoxy) is 1. The summed E-state index contributed by atoms with van der Waals surface area (Å²) in [4.78, 5) is 13.1. The third-order valence-corrected chi connectivity index (χ3v) is 6.79. The van der Waals surface area contributed by atoms with Gasteiger partial charge in [0, 0.05) is 0 Å². The minimum absolute atomic E-state index is 0.134. The minimum atomic E-state index is -0.134. The molecule has 2 rings (SSSR count). The lowest BCUT2D eigenvalue weighted by atomic mass is 9.70. The van der Waals surface area contributed by atoms with Crippen LogP contribution in [0.1, 0.15) is 123 Å². The van der Waals surface area contributed by atoms with Crippen LogP contribution in [0, 0.1) is 11.3 Å². The molecule has 25 heavy (non-hydrogen) atoms. The summed E-state index contributed by atoms with van der Waals surface area (Å²) in [6.07, 6.45) is 21.0. The maximum absolute atomic E-state index is 13.1. The Morgan fingerprint density at radius 1 is 0.880 bits per heavy atom. The lowest BCUT2D eigenvalue weighted by Crippen LogP contribution is -2.38. The average Bonchev–Trinajstić information content (AvgIpc) is 2.64. The van der Waals surface area contributed by atoms with Crippen molar-refractivity contribution in [3.05, 3.63) is 0 Å². The summed E-state index contributed by atoms with van der Waals surface area (Å²) in [5.74, 6) is 1.05. The topological polar surface area (TPSA) is 26.3 Å². The maximum Gasteiger partial charge on any atom is 0.312 e. The Hall–Kier alpha value is -0.530. The van der Waals surface area contributed by atoms with Gasteiger partial charge in [0.15, 0.2) is 0 Å². The van der Waals surface area contributed by atoms with E-state index in [0.717, 1.165) is 38.0 Å². The number of hydrogen-bond acceptors (Lipinski definition) is 2. The van der Waals surface area contributed by atoms with E-state index in [1.807, 2.05) is 0 Å². The van der Waals surface area contributed by atoms with Gasteiger partial charge in [0.2, 0.25) is 0 Å². The van der Waals surface area contributed by atoms with Gasteiger partial charge >= 0.3 is 5.97 Å². The van der Waals surface area contributed by atoms with Crippen molar-refractivity contribution in [1.82, 2.24) is 0 Å². The van der Waals surface area contributed by atoms with E-state index in [1.54, 1.807) is 0 Å². The van der Waals surface area contributed by atoms with E-state index in [2.05, 4.69) is 13.8 Å². The molecule has 0 amide bonds. The predicted octanol–water partition coefficient (Wildman–Crippen LogP) is 7.20. The molecule has 0 saturated heterocycles. The average molecular weight is 351 g/mol. The molecule has 0 N–H and O–H groups in total. The highest BCUT2D eigenvalue weighted by atomic mass is 16.5. The van der Waals surface area contributed by atoms with E-state index < -0.39 is 0 Å². The van der Waals surface area contributed by atoms with Gasteiger partial charge in [0.05, 0.1) is 5.41 Å². The second kappa shape index (κ2) is 11.2. The number of rotatable bonds is 10. The van der Waals surface area contributed by atoms with Gasteiger partial charge in [-0.1, -0.05) is 78.1 Å². The summed E-state index contributed by atoms with van der Waals surface area (Å²) in [7, 11) is 0. The minimum Gasteiger partial charge on any atom is -0.462 e. The Balaban J connectivity index is 1.78. The van der Waals surface area contributed by atoms with Crippen molar-refractivity contribution in [1.29, 1.82) is 0 Å². The molecule has 0 spiro atoms. The Labute approximate surface area is 156 Å². The zero-order chi connectivity index (χ0) is 18.0. The summed E-state index contributed by atoms with van der Waals surface area (Å²) in [5, 5.41) is 0. The predicted molar refractivity (Wildman–Crippen MR) is 106 cm³/mol. The first-order valence-corrected chi connectivity index (χ1v) is 11.4. The van der Waals surface area contributed by atoms with Gasteiger partial charge in [-0.05, 0) is 50.9 Å². The zero-order valence-electron chi connectivity index (χ0n) is 17.0. The first-order valence-electron chi connectivity index (χ1n) is 11.4. The highest BCUT2D eigenvalue weighted by Gasteiger charge is 2.41. The highest BCUT2D eigenvalue weighted by molar-refractivity contribution is 5.77. The van der Waals surface area contributed by atoms with Gasteiger partial charge < -0.3 is 4.74 Å². The van der Waals surface area contributed by atoms with Crippen molar-refractivity contribution >= 4 is 5.97 Å². The molecule has 2 aliphatic carbocycles. The van der Waals surface area contributed by atoms with Crippen LogP contribution in [0.15, 0.2) is 0 Å². The van der Waals surface area contributed by atoms with Crippen LogP contribution in [0.3, 0.4) is 0 Å². The quantitative estimate of drug-likeness (QED) is 0.307. The van der Waals surface area contributed by atoms with Gasteiger partial charge in [0.25, 0.3) is 0 Å². The van der Waals surface area contributed by atoms with Crippen molar-refractivity contribution in [2.75, 3.05) is 0 Å². The molecule has 146 valence electrons. The van der Waals surface area contributed by atoms with Crippen LogP contribution in [0.25, 0.3) is 0 Å². The van der Waals surface area contributed by atoms with Crippen LogP contribution in [0.4, 0.5) is 0 Å². The molecule has 0 aromatic carbocycles. The maximum atomic E-state index is 13.1. The molecule has 0 aromatic rings. The Morgan fingerprint density at radius 2 is 1.52 bits per heavy atom. The number of hydrogen-bond donors (Lipinski definition) is 0. The van der Waals surface area contributed by atoms with Gasteiger partial charge in [-0.2, -0.15) is 0 Å². The smallest absolute Gasteiger partial charge is 0.312 e. The number of carbonyl (C=O) groups excluding carboxylic acids is 1. The van der Waals surface area contributed by atoms with Crippen LogP contribution in [0.2, 0.25) is 0 Å². The van der Waals surface area contributed by atoms with Gasteiger partial charge in [-0.15, -0.1) is 0 Å². The zero-order valence-corrected chi connectivity index (χ0v) is 17.0. The lowest BCUT2D eigenvalue weighted by Gasteiger charge is -2.37. The molecule has 0 aliphatic heterocycles. The molecule has 0 aromatic heterocycles. The number of unbranched alkanes of at least 4 members (excludes halogenated alkanes) is 4. The van der Waals surface area contributed by atoms with Crippen LogP contribution >= 0.6 is 0 Å². The van der Waals surface area contributed by atoms with E-state index in [1.165, 1.54) is 77.0 Å². The molecule has 0 heterocycles. The largest absolute Gasteiger partial charge is 0.462 e. The number of esters is 1. The van der Waals surface area contributed by atoms with Gasteiger partial charge in [0.1, 0.15) is 6.10 Å². The number of carbonyl (C=O) groups is 1. The van der Waals surface area contributed by atoms with Crippen molar-refractivity contribution in [2.45, 2.75) is 129 Å². The standard InChI is InChI=1S/C23H42O2/c1-3-5-8-12-20-13-15-21(16-14-20)25-22(24)23(17-9-6-4-2)18-10-7-11-19-23/h20-21H,3-19H2,1-2H3. The second-order valence-electron chi connectivity index (χ2n) is 8.84. The third kappa shape index (κ3) is 6.61. The Morgan fingerprint density at radius 3 is 2.16 bits per heavy atom. The van der Waals surface area contributed by atoms with Crippen LogP contribution in [0.5, 0.6) is 0 Å².